The van der Waals surface area contributed by atoms with Crippen molar-refractivity contribution in [2.24, 2.45) is 5.92 Å². The van der Waals surface area contributed by atoms with Crippen molar-refractivity contribution in [1.82, 2.24) is 9.80 Å². The minimum atomic E-state index is 0.0449. The number of thioether (sulfide) groups is 1. The number of carbonyl (C=O) groups is 2. The van der Waals surface area contributed by atoms with Gasteiger partial charge in [-0.15, -0.1) is 23.1 Å². The zero-order valence-corrected chi connectivity index (χ0v) is 17.9. The first-order valence-electron chi connectivity index (χ1n) is 10.2. The van der Waals surface area contributed by atoms with Gasteiger partial charge < -0.3 is 14.7 Å². The lowest BCUT2D eigenvalue weighted by Crippen LogP contribution is -3.15. The van der Waals surface area contributed by atoms with E-state index >= 15 is 0 Å². The zero-order chi connectivity index (χ0) is 19.0. The van der Waals surface area contributed by atoms with Gasteiger partial charge >= 0.3 is 0 Å². The summed E-state index contributed by atoms with van der Waals surface area (Å²) in [4.78, 5) is 32.1. The minimum absolute atomic E-state index is 0.0449. The van der Waals surface area contributed by atoms with E-state index in [4.69, 9.17) is 0 Å². The Morgan fingerprint density at radius 3 is 2.63 bits per heavy atom. The third-order valence-electron chi connectivity index (χ3n) is 6.32. The second-order valence-electron chi connectivity index (χ2n) is 8.08. The highest BCUT2D eigenvalue weighted by Gasteiger charge is 2.40. The van der Waals surface area contributed by atoms with Gasteiger partial charge in [0.05, 0.1) is 44.5 Å². The number of carbonyl (C=O) groups excluding carboxylic acids is 2. The average Bonchev–Trinajstić information content (AvgIpc) is 3.16. The van der Waals surface area contributed by atoms with E-state index in [1.54, 1.807) is 23.1 Å². The predicted octanol–water partition coefficient (Wildman–Crippen LogP) is 1.55. The highest BCUT2D eigenvalue weighted by atomic mass is 32.2. The fraction of sp³-hybridized carbons (Fsp3) is 0.700. The van der Waals surface area contributed by atoms with Crippen molar-refractivity contribution in [3.05, 3.63) is 21.9 Å². The summed E-state index contributed by atoms with van der Waals surface area (Å²) in [5.74, 6) is 0.964. The van der Waals surface area contributed by atoms with Crippen LogP contribution >= 0.6 is 23.1 Å². The number of aryl methyl sites for hydroxylation is 1. The van der Waals surface area contributed by atoms with Gasteiger partial charge in [-0.05, 0) is 43.7 Å². The second kappa shape index (κ2) is 8.13. The van der Waals surface area contributed by atoms with Crippen molar-refractivity contribution in [3.63, 3.8) is 0 Å². The van der Waals surface area contributed by atoms with Gasteiger partial charge in [-0.2, -0.15) is 0 Å². The predicted molar refractivity (Wildman–Crippen MR) is 110 cm³/mol. The maximum atomic E-state index is 12.7. The maximum absolute atomic E-state index is 12.7. The highest BCUT2D eigenvalue weighted by Crippen LogP contribution is 2.45. The van der Waals surface area contributed by atoms with Crippen molar-refractivity contribution < 1.29 is 14.5 Å². The standard InChI is InChI=1S/C20H29N3O2S2/c1-14-6-13-26-17(14)20-23(18(24)15(2)27-20)12-9-21-7-10-22(11-8-21)19(25)16-4-3-5-16/h6,13,15-16,20H,3-5,7-12H2,1-2H3/p+1/t15-,20-/m0/s1. The van der Waals surface area contributed by atoms with Crippen molar-refractivity contribution in [2.45, 2.75) is 43.7 Å². The molecule has 2 aliphatic heterocycles. The van der Waals surface area contributed by atoms with E-state index in [-0.39, 0.29) is 16.5 Å². The van der Waals surface area contributed by atoms with Gasteiger partial charge in [0.1, 0.15) is 5.37 Å². The number of amides is 2. The lowest BCUT2D eigenvalue weighted by atomic mass is 9.84. The first-order chi connectivity index (χ1) is 13.0. The van der Waals surface area contributed by atoms with Gasteiger partial charge in [-0.3, -0.25) is 9.59 Å². The SMILES string of the molecule is Cc1ccsc1[C@@H]1S[C@@H](C)C(=O)N1CC[NH+]1CCN(C(=O)C2CCC2)CC1. The van der Waals surface area contributed by atoms with Gasteiger partial charge in [0.2, 0.25) is 11.8 Å². The molecule has 2 atom stereocenters. The molecule has 0 spiro atoms. The number of thiophene rings is 1. The first kappa shape index (κ1) is 19.3. The Morgan fingerprint density at radius 2 is 2.04 bits per heavy atom. The molecular weight excluding hydrogens is 378 g/mol. The number of quaternary nitrogens is 1. The molecular formula is C20H30N3O2S2+. The monoisotopic (exact) mass is 408 g/mol. The lowest BCUT2D eigenvalue weighted by Gasteiger charge is -2.37. The van der Waals surface area contributed by atoms with E-state index in [9.17, 15) is 9.59 Å². The summed E-state index contributed by atoms with van der Waals surface area (Å²) in [7, 11) is 0. The van der Waals surface area contributed by atoms with Gasteiger partial charge in [-0.1, -0.05) is 6.42 Å². The van der Waals surface area contributed by atoms with E-state index in [0.29, 0.717) is 11.8 Å². The molecule has 2 amide bonds. The van der Waals surface area contributed by atoms with Crippen molar-refractivity contribution in [2.75, 3.05) is 39.3 Å². The van der Waals surface area contributed by atoms with Crippen molar-refractivity contribution in [1.29, 1.82) is 0 Å². The van der Waals surface area contributed by atoms with E-state index in [0.717, 1.165) is 52.1 Å². The molecule has 0 radical (unpaired) electrons. The highest BCUT2D eigenvalue weighted by molar-refractivity contribution is 8.01. The fourth-order valence-electron chi connectivity index (χ4n) is 4.23. The van der Waals surface area contributed by atoms with Crippen LogP contribution < -0.4 is 4.90 Å². The van der Waals surface area contributed by atoms with Crippen LogP contribution in [-0.2, 0) is 9.59 Å². The fourth-order valence-corrected chi connectivity index (χ4v) is 6.78. The van der Waals surface area contributed by atoms with E-state index in [1.807, 2.05) is 6.92 Å². The van der Waals surface area contributed by atoms with E-state index in [2.05, 4.69) is 28.2 Å². The molecule has 0 unspecified atom stereocenters. The molecule has 3 aliphatic rings. The van der Waals surface area contributed by atoms with Crippen LogP contribution in [0.15, 0.2) is 11.4 Å². The van der Waals surface area contributed by atoms with Crippen LogP contribution in [0.3, 0.4) is 0 Å². The van der Waals surface area contributed by atoms with E-state index in [1.165, 1.54) is 21.8 Å². The summed E-state index contributed by atoms with van der Waals surface area (Å²) in [6, 6.07) is 2.15. The van der Waals surface area contributed by atoms with Crippen molar-refractivity contribution in [3.8, 4) is 0 Å². The molecule has 27 heavy (non-hydrogen) atoms. The largest absolute Gasteiger partial charge is 0.331 e. The van der Waals surface area contributed by atoms with Crippen LogP contribution in [0.1, 0.15) is 42.0 Å². The van der Waals surface area contributed by atoms with E-state index < -0.39 is 0 Å². The summed E-state index contributed by atoms with van der Waals surface area (Å²) in [5.41, 5.74) is 1.29. The Bertz CT molecular complexity index is 695. The van der Waals surface area contributed by atoms with Gasteiger partial charge in [-0.25, -0.2) is 0 Å². The Morgan fingerprint density at radius 1 is 1.30 bits per heavy atom. The summed E-state index contributed by atoms with van der Waals surface area (Å²) in [6.45, 7) is 9.71. The lowest BCUT2D eigenvalue weighted by molar-refractivity contribution is -0.903. The van der Waals surface area contributed by atoms with Crippen molar-refractivity contribution >= 4 is 34.9 Å². The van der Waals surface area contributed by atoms with Gasteiger partial charge in [0.25, 0.3) is 0 Å². The molecule has 1 aromatic rings. The summed E-state index contributed by atoms with van der Waals surface area (Å²) in [5, 5.41) is 2.34. The number of hydrogen-bond acceptors (Lipinski definition) is 4. The van der Waals surface area contributed by atoms with Crippen LogP contribution in [0.25, 0.3) is 0 Å². The molecule has 0 bridgehead atoms. The topological polar surface area (TPSA) is 45.1 Å². The Labute approximate surface area is 170 Å². The van der Waals surface area contributed by atoms with Gasteiger partial charge in [0.15, 0.2) is 0 Å². The zero-order valence-electron chi connectivity index (χ0n) is 16.3. The molecule has 7 heteroatoms. The smallest absolute Gasteiger partial charge is 0.236 e. The summed E-state index contributed by atoms with van der Waals surface area (Å²) >= 11 is 3.55. The van der Waals surface area contributed by atoms with Crippen LogP contribution in [0.4, 0.5) is 0 Å². The molecule has 0 aromatic carbocycles. The molecule has 2 saturated heterocycles. The third kappa shape index (κ3) is 3.91. The Balaban J connectivity index is 1.30. The molecule has 1 saturated carbocycles. The van der Waals surface area contributed by atoms with Crippen LogP contribution in [-0.4, -0.2) is 66.1 Å². The first-order valence-corrected chi connectivity index (χ1v) is 12.0. The molecule has 1 N–H and O–H groups in total. The molecule has 4 rings (SSSR count). The van der Waals surface area contributed by atoms with Gasteiger partial charge in [0, 0.05) is 10.8 Å². The minimum Gasteiger partial charge on any atom is -0.331 e. The Hall–Kier alpha value is -1.05. The number of rotatable bonds is 5. The third-order valence-corrected chi connectivity index (χ3v) is 8.89. The number of nitrogens with zero attached hydrogens (tertiary/aromatic N) is 2. The number of hydrogen-bond donors (Lipinski definition) is 1. The second-order valence-corrected chi connectivity index (χ2v) is 10.5. The quantitative estimate of drug-likeness (QED) is 0.804. The summed E-state index contributed by atoms with van der Waals surface area (Å²) in [6.07, 6.45) is 3.39. The van der Waals surface area contributed by atoms with Crippen LogP contribution in [0.2, 0.25) is 0 Å². The number of nitrogens with one attached hydrogen (secondary N) is 1. The molecule has 1 aliphatic carbocycles. The normalized spacial score (nSPS) is 27.3. The van der Waals surface area contributed by atoms with Crippen LogP contribution in [0, 0.1) is 12.8 Å². The molecule has 3 heterocycles. The number of piperazine rings is 1. The maximum Gasteiger partial charge on any atom is 0.236 e. The van der Waals surface area contributed by atoms with Crippen LogP contribution in [0.5, 0.6) is 0 Å². The molecule has 1 aromatic heterocycles. The molecule has 5 nitrogen and oxygen atoms in total. The molecule has 3 fully saturated rings. The Kier molecular flexibility index (Phi) is 5.81. The molecule has 148 valence electrons. The average molecular weight is 409 g/mol. The summed E-state index contributed by atoms with van der Waals surface area (Å²) < 4.78 is 0.